The van der Waals surface area contributed by atoms with Crippen molar-refractivity contribution in [2.45, 2.75) is 11.7 Å². The molecule has 1 unspecified atom stereocenters. The van der Waals surface area contributed by atoms with Crippen molar-refractivity contribution < 1.29 is 30.8 Å². The van der Waals surface area contributed by atoms with Crippen LogP contribution < -0.4 is 4.90 Å². The normalized spacial score (nSPS) is 19.1. The monoisotopic (exact) mass is 324 g/mol. The zero-order valence-electron chi connectivity index (χ0n) is 10.1. The Hall–Kier alpha value is -2.17. The second kappa shape index (κ2) is 4.98. The topological polar surface area (TPSA) is 97.6 Å². The summed E-state index contributed by atoms with van der Waals surface area (Å²) in [6.07, 6.45) is -0.727. The Morgan fingerprint density at radius 1 is 1.29 bits per heavy atom. The van der Waals surface area contributed by atoms with E-state index in [9.17, 15) is 36.0 Å². The lowest BCUT2D eigenvalue weighted by Crippen LogP contribution is -2.27. The quantitative estimate of drug-likeness (QED) is 0.474. The van der Waals surface area contributed by atoms with Crippen molar-refractivity contribution >= 4 is 27.5 Å². The van der Waals surface area contributed by atoms with Gasteiger partial charge < -0.3 is 4.90 Å². The summed E-state index contributed by atoms with van der Waals surface area (Å²) in [6, 6.07) is 0.674. The van der Waals surface area contributed by atoms with Crippen LogP contribution in [0.4, 0.5) is 24.0 Å². The molecule has 0 bridgehead atoms. The predicted molar refractivity (Wildman–Crippen MR) is 63.8 cm³/mol. The summed E-state index contributed by atoms with van der Waals surface area (Å²) in [5.41, 5.74) is -1.53. The minimum atomic E-state index is -5.03. The largest absolute Gasteiger partial charge is 0.307 e. The first-order chi connectivity index (χ1) is 9.61. The number of hydrogen-bond donors (Lipinski definition) is 0. The lowest BCUT2D eigenvalue weighted by atomic mass is 10.2. The third-order valence-electron chi connectivity index (χ3n) is 2.99. The van der Waals surface area contributed by atoms with Gasteiger partial charge in [-0.3, -0.25) is 14.9 Å². The molecule has 0 radical (unpaired) electrons. The van der Waals surface area contributed by atoms with Crippen molar-refractivity contribution in [3.63, 3.8) is 0 Å². The van der Waals surface area contributed by atoms with Gasteiger partial charge in [-0.1, -0.05) is 0 Å². The molecule has 21 heavy (non-hydrogen) atoms. The summed E-state index contributed by atoms with van der Waals surface area (Å²) in [5.74, 6) is -3.88. The minimum absolute atomic E-state index is 0.273. The van der Waals surface area contributed by atoms with Gasteiger partial charge in [0.25, 0.3) is 5.69 Å². The summed E-state index contributed by atoms with van der Waals surface area (Å²) in [6.45, 7) is -0.705. The Bertz CT molecular complexity index is 736. The van der Waals surface area contributed by atoms with Crippen LogP contribution in [0.5, 0.6) is 0 Å². The molecule has 0 spiro atoms. The molecular formula is C10H7F3N2O5S. The summed E-state index contributed by atoms with van der Waals surface area (Å²) < 4.78 is 60.7. The number of amides is 1. The molecule has 0 aliphatic carbocycles. The summed E-state index contributed by atoms with van der Waals surface area (Å²) in [4.78, 5) is 22.0. The van der Waals surface area contributed by atoms with E-state index in [1.807, 2.05) is 0 Å². The van der Waals surface area contributed by atoms with Crippen molar-refractivity contribution in [3.8, 4) is 0 Å². The van der Waals surface area contributed by atoms with Gasteiger partial charge in [0, 0.05) is 19.0 Å². The van der Waals surface area contributed by atoms with Gasteiger partial charge in [0.2, 0.25) is 5.91 Å². The van der Waals surface area contributed by atoms with Crippen LogP contribution in [0.3, 0.4) is 0 Å². The summed E-state index contributed by atoms with van der Waals surface area (Å²) >= 11 is 0. The van der Waals surface area contributed by atoms with E-state index >= 15 is 0 Å². The standard InChI is InChI=1S/C10H7F3N2O5S/c11-6-2-8(9(15(17)18)3-7(6)12)14-4-5(1-10(14)16)21(13,19)20/h2-3,5H,1,4H2. The van der Waals surface area contributed by atoms with Crippen molar-refractivity contribution in [2.75, 3.05) is 11.4 Å². The Morgan fingerprint density at radius 3 is 2.33 bits per heavy atom. The van der Waals surface area contributed by atoms with Crippen molar-refractivity contribution in [3.05, 3.63) is 33.9 Å². The molecule has 1 aromatic carbocycles. The molecule has 1 saturated heterocycles. The van der Waals surface area contributed by atoms with Gasteiger partial charge in [0.05, 0.1) is 11.0 Å². The van der Waals surface area contributed by atoms with Gasteiger partial charge >= 0.3 is 10.2 Å². The number of nitrogens with zero attached hydrogens (tertiary/aromatic N) is 2. The zero-order valence-corrected chi connectivity index (χ0v) is 10.9. The Labute approximate surface area is 116 Å². The van der Waals surface area contributed by atoms with E-state index in [2.05, 4.69) is 0 Å². The molecule has 0 saturated carbocycles. The van der Waals surface area contributed by atoms with Gasteiger partial charge in [-0.2, -0.15) is 8.42 Å². The second-order valence-corrected chi connectivity index (χ2v) is 5.94. The van der Waals surface area contributed by atoms with Crippen LogP contribution in [0.15, 0.2) is 12.1 Å². The molecule has 0 aromatic heterocycles. The molecule has 7 nitrogen and oxygen atoms in total. The number of halogens is 3. The van der Waals surface area contributed by atoms with E-state index in [1.54, 1.807) is 0 Å². The number of carbonyl (C=O) groups is 1. The Balaban J connectivity index is 2.50. The highest BCUT2D eigenvalue weighted by Crippen LogP contribution is 2.34. The first-order valence-corrected chi connectivity index (χ1v) is 6.93. The molecule has 114 valence electrons. The molecule has 2 rings (SSSR count). The fraction of sp³-hybridized carbons (Fsp3) is 0.300. The maximum Gasteiger partial charge on any atom is 0.307 e. The number of rotatable bonds is 3. The number of carbonyl (C=O) groups excluding carboxylic acids is 1. The van der Waals surface area contributed by atoms with Crippen LogP contribution in [0, 0.1) is 21.7 Å². The predicted octanol–water partition coefficient (Wildman–Crippen LogP) is 1.28. The first-order valence-electron chi connectivity index (χ1n) is 5.48. The number of hydrogen-bond acceptors (Lipinski definition) is 5. The molecule has 0 N–H and O–H groups in total. The lowest BCUT2D eigenvalue weighted by Gasteiger charge is -2.16. The third-order valence-corrected chi connectivity index (χ3v) is 4.10. The summed E-state index contributed by atoms with van der Waals surface area (Å²) in [7, 11) is -5.03. The minimum Gasteiger partial charge on any atom is -0.305 e. The van der Waals surface area contributed by atoms with E-state index in [-0.39, 0.29) is 6.07 Å². The highest BCUT2D eigenvalue weighted by molar-refractivity contribution is 7.87. The van der Waals surface area contributed by atoms with Gasteiger partial charge in [0.15, 0.2) is 11.6 Å². The molecule has 1 heterocycles. The molecule has 1 fully saturated rings. The van der Waals surface area contributed by atoms with Crippen molar-refractivity contribution in [1.82, 2.24) is 0 Å². The number of benzene rings is 1. The van der Waals surface area contributed by atoms with Crippen LogP contribution in [-0.2, 0) is 15.0 Å². The summed E-state index contributed by atoms with van der Waals surface area (Å²) in [5, 5.41) is 9.12. The van der Waals surface area contributed by atoms with Crippen LogP contribution in [0.2, 0.25) is 0 Å². The van der Waals surface area contributed by atoms with Gasteiger partial charge in [-0.15, -0.1) is 3.89 Å². The number of nitro benzene ring substituents is 1. The average molecular weight is 324 g/mol. The average Bonchev–Trinajstić information content (AvgIpc) is 2.74. The maximum absolute atomic E-state index is 13.2. The number of anilines is 1. The van der Waals surface area contributed by atoms with Crippen LogP contribution >= 0.6 is 0 Å². The van der Waals surface area contributed by atoms with Gasteiger partial charge in [0.1, 0.15) is 10.9 Å². The third kappa shape index (κ3) is 2.82. The molecule has 11 heteroatoms. The van der Waals surface area contributed by atoms with E-state index < -0.39 is 62.3 Å². The highest BCUT2D eigenvalue weighted by atomic mass is 32.3. The van der Waals surface area contributed by atoms with Gasteiger partial charge in [-0.05, 0) is 0 Å². The first kappa shape index (κ1) is 15.2. The lowest BCUT2D eigenvalue weighted by molar-refractivity contribution is -0.384. The molecule has 1 aliphatic heterocycles. The Morgan fingerprint density at radius 2 is 1.86 bits per heavy atom. The second-order valence-electron chi connectivity index (χ2n) is 4.32. The van der Waals surface area contributed by atoms with E-state index in [1.165, 1.54) is 0 Å². The van der Waals surface area contributed by atoms with Crippen molar-refractivity contribution in [1.29, 1.82) is 0 Å². The van der Waals surface area contributed by atoms with E-state index in [0.29, 0.717) is 11.0 Å². The SMILES string of the molecule is O=C1CC(S(=O)(=O)F)CN1c1cc(F)c(F)cc1[N+](=O)[O-]. The molecule has 1 atom stereocenters. The molecule has 1 amide bonds. The molecule has 1 aromatic rings. The number of nitro groups is 1. The van der Waals surface area contributed by atoms with Crippen molar-refractivity contribution in [2.24, 2.45) is 0 Å². The molecule has 1 aliphatic rings. The fourth-order valence-electron chi connectivity index (χ4n) is 1.98. The van der Waals surface area contributed by atoms with E-state index in [4.69, 9.17) is 0 Å². The highest BCUT2D eigenvalue weighted by Gasteiger charge is 2.41. The Kier molecular flexibility index (Phi) is 3.61. The van der Waals surface area contributed by atoms with Crippen LogP contribution in [-0.4, -0.2) is 31.0 Å². The fourth-order valence-corrected chi connectivity index (χ4v) is 2.65. The smallest absolute Gasteiger partial charge is 0.305 e. The maximum atomic E-state index is 13.2. The van der Waals surface area contributed by atoms with Gasteiger partial charge in [-0.25, -0.2) is 8.78 Å². The van der Waals surface area contributed by atoms with E-state index in [0.717, 1.165) is 0 Å². The zero-order chi connectivity index (χ0) is 15.9. The van der Waals surface area contributed by atoms with Crippen LogP contribution in [0.1, 0.15) is 6.42 Å². The van der Waals surface area contributed by atoms with Crippen LogP contribution in [0.25, 0.3) is 0 Å². The molecular weight excluding hydrogens is 317 g/mol.